The molecule has 0 spiro atoms. The standard InChI is InChI=1S/C13H14N4OS/c1-8(2)17-13(14)7-9(15-17)10-6-11(18-16-10)12-4-3-5-19-12/h3-8H,14H2,1-2H3. The van der Waals surface area contributed by atoms with Crippen LogP contribution in [0.4, 0.5) is 5.82 Å². The van der Waals surface area contributed by atoms with Crippen molar-refractivity contribution in [3.05, 3.63) is 29.6 Å². The van der Waals surface area contributed by atoms with E-state index in [1.54, 1.807) is 16.0 Å². The van der Waals surface area contributed by atoms with Crippen LogP contribution in [-0.4, -0.2) is 14.9 Å². The first-order chi connectivity index (χ1) is 9.15. The Morgan fingerprint density at radius 1 is 1.32 bits per heavy atom. The maximum atomic E-state index is 5.93. The van der Waals surface area contributed by atoms with Gasteiger partial charge < -0.3 is 10.3 Å². The summed E-state index contributed by atoms with van der Waals surface area (Å²) in [7, 11) is 0. The molecule has 2 N–H and O–H groups in total. The van der Waals surface area contributed by atoms with Gasteiger partial charge in [-0.15, -0.1) is 11.3 Å². The number of thiophene rings is 1. The minimum Gasteiger partial charge on any atom is -0.384 e. The topological polar surface area (TPSA) is 69.9 Å². The Hall–Kier alpha value is -2.08. The van der Waals surface area contributed by atoms with Crippen molar-refractivity contribution >= 4 is 17.2 Å². The number of hydrogen-bond acceptors (Lipinski definition) is 5. The van der Waals surface area contributed by atoms with Crippen LogP contribution < -0.4 is 5.73 Å². The number of nitrogen functional groups attached to an aromatic ring is 1. The molecule has 0 unspecified atom stereocenters. The Kier molecular flexibility index (Phi) is 2.87. The number of anilines is 1. The molecule has 6 heteroatoms. The second kappa shape index (κ2) is 4.55. The van der Waals surface area contributed by atoms with Gasteiger partial charge in [-0.25, -0.2) is 4.68 Å². The van der Waals surface area contributed by atoms with Crippen molar-refractivity contribution in [2.45, 2.75) is 19.9 Å². The molecule has 5 nitrogen and oxygen atoms in total. The predicted octanol–water partition coefficient (Wildman–Crippen LogP) is 3.43. The highest BCUT2D eigenvalue weighted by Crippen LogP contribution is 2.29. The summed E-state index contributed by atoms with van der Waals surface area (Å²) in [6, 6.07) is 7.90. The average Bonchev–Trinajstić information content (AvgIpc) is 3.08. The van der Waals surface area contributed by atoms with Gasteiger partial charge in [0.25, 0.3) is 0 Å². The highest BCUT2D eigenvalue weighted by molar-refractivity contribution is 7.13. The zero-order valence-electron chi connectivity index (χ0n) is 10.7. The van der Waals surface area contributed by atoms with Crippen molar-refractivity contribution in [1.82, 2.24) is 14.9 Å². The maximum absolute atomic E-state index is 5.93. The Labute approximate surface area is 114 Å². The number of aromatic nitrogens is 3. The molecule has 0 aromatic carbocycles. The van der Waals surface area contributed by atoms with Crippen LogP contribution in [0.1, 0.15) is 19.9 Å². The predicted molar refractivity (Wildman–Crippen MR) is 75.8 cm³/mol. The van der Waals surface area contributed by atoms with Gasteiger partial charge in [0, 0.05) is 18.2 Å². The third-order valence-electron chi connectivity index (χ3n) is 2.79. The molecule has 0 saturated carbocycles. The molecule has 0 aliphatic heterocycles. The summed E-state index contributed by atoms with van der Waals surface area (Å²) in [6.07, 6.45) is 0. The van der Waals surface area contributed by atoms with Crippen molar-refractivity contribution in [3.63, 3.8) is 0 Å². The molecule has 3 heterocycles. The van der Waals surface area contributed by atoms with Crippen LogP contribution in [0.15, 0.2) is 34.2 Å². The van der Waals surface area contributed by atoms with E-state index >= 15 is 0 Å². The van der Waals surface area contributed by atoms with Crippen LogP contribution in [0.5, 0.6) is 0 Å². The zero-order valence-corrected chi connectivity index (χ0v) is 11.5. The van der Waals surface area contributed by atoms with E-state index in [1.807, 2.05) is 43.5 Å². The first-order valence-electron chi connectivity index (χ1n) is 6.01. The van der Waals surface area contributed by atoms with Gasteiger partial charge in [-0.1, -0.05) is 11.2 Å². The van der Waals surface area contributed by atoms with E-state index in [1.165, 1.54) is 0 Å². The molecule has 0 aliphatic carbocycles. The molecule has 3 rings (SSSR count). The van der Waals surface area contributed by atoms with Crippen molar-refractivity contribution < 1.29 is 4.52 Å². The van der Waals surface area contributed by atoms with E-state index in [0.717, 1.165) is 16.3 Å². The van der Waals surface area contributed by atoms with E-state index in [4.69, 9.17) is 10.3 Å². The van der Waals surface area contributed by atoms with Crippen LogP contribution in [0, 0.1) is 0 Å². The number of rotatable bonds is 3. The number of nitrogens with zero attached hydrogens (tertiary/aromatic N) is 3. The lowest BCUT2D eigenvalue weighted by molar-refractivity contribution is 0.435. The van der Waals surface area contributed by atoms with E-state index in [2.05, 4.69) is 10.3 Å². The Morgan fingerprint density at radius 3 is 2.79 bits per heavy atom. The van der Waals surface area contributed by atoms with E-state index < -0.39 is 0 Å². The fraction of sp³-hybridized carbons (Fsp3) is 0.231. The lowest BCUT2D eigenvalue weighted by Gasteiger charge is -2.06. The molecule has 0 fully saturated rings. The van der Waals surface area contributed by atoms with Crippen molar-refractivity contribution in [2.75, 3.05) is 5.73 Å². The Morgan fingerprint density at radius 2 is 2.16 bits per heavy atom. The van der Waals surface area contributed by atoms with Crippen LogP contribution in [-0.2, 0) is 0 Å². The molecule has 0 bridgehead atoms. The quantitative estimate of drug-likeness (QED) is 0.794. The molecular formula is C13H14N4OS. The summed E-state index contributed by atoms with van der Waals surface area (Å²) in [5.41, 5.74) is 7.36. The average molecular weight is 274 g/mol. The van der Waals surface area contributed by atoms with Gasteiger partial charge in [-0.05, 0) is 25.3 Å². The summed E-state index contributed by atoms with van der Waals surface area (Å²) in [5, 5.41) is 10.5. The lowest BCUT2D eigenvalue weighted by atomic mass is 10.2. The summed E-state index contributed by atoms with van der Waals surface area (Å²) in [4.78, 5) is 1.05. The van der Waals surface area contributed by atoms with Gasteiger partial charge in [0.15, 0.2) is 5.76 Å². The van der Waals surface area contributed by atoms with Crippen molar-refractivity contribution in [1.29, 1.82) is 0 Å². The van der Waals surface area contributed by atoms with Gasteiger partial charge >= 0.3 is 0 Å². The van der Waals surface area contributed by atoms with Gasteiger partial charge in [0.1, 0.15) is 17.2 Å². The number of nitrogens with two attached hydrogens (primary N) is 1. The third-order valence-corrected chi connectivity index (χ3v) is 3.67. The third kappa shape index (κ3) is 2.15. The number of hydrogen-bond donors (Lipinski definition) is 1. The van der Waals surface area contributed by atoms with Crippen LogP contribution in [0.2, 0.25) is 0 Å². The van der Waals surface area contributed by atoms with E-state index in [-0.39, 0.29) is 6.04 Å². The first-order valence-corrected chi connectivity index (χ1v) is 6.89. The van der Waals surface area contributed by atoms with Crippen LogP contribution in [0.25, 0.3) is 22.0 Å². The molecule has 3 aromatic heterocycles. The molecule has 0 radical (unpaired) electrons. The smallest absolute Gasteiger partial charge is 0.177 e. The largest absolute Gasteiger partial charge is 0.384 e. The summed E-state index contributed by atoms with van der Waals surface area (Å²) >= 11 is 1.61. The minimum absolute atomic E-state index is 0.220. The maximum Gasteiger partial charge on any atom is 0.177 e. The molecule has 0 atom stereocenters. The molecular weight excluding hydrogens is 260 g/mol. The normalized spacial score (nSPS) is 11.3. The second-order valence-electron chi connectivity index (χ2n) is 4.55. The fourth-order valence-corrected chi connectivity index (χ4v) is 2.55. The van der Waals surface area contributed by atoms with Crippen LogP contribution >= 0.6 is 11.3 Å². The lowest BCUT2D eigenvalue weighted by Crippen LogP contribution is -2.06. The van der Waals surface area contributed by atoms with E-state index in [0.29, 0.717) is 11.5 Å². The minimum atomic E-state index is 0.220. The SMILES string of the molecule is CC(C)n1nc(-c2cc(-c3cccs3)on2)cc1N. The first kappa shape index (κ1) is 12.0. The molecule has 0 amide bonds. The van der Waals surface area contributed by atoms with Crippen molar-refractivity contribution in [2.24, 2.45) is 0 Å². The summed E-state index contributed by atoms with van der Waals surface area (Å²) < 4.78 is 7.12. The highest BCUT2D eigenvalue weighted by Gasteiger charge is 2.14. The monoisotopic (exact) mass is 274 g/mol. The molecule has 0 aliphatic rings. The van der Waals surface area contributed by atoms with Gasteiger partial charge in [0.05, 0.1) is 4.88 Å². The molecule has 98 valence electrons. The zero-order chi connectivity index (χ0) is 13.4. The van der Waals surface area contributed by atoms with Crippen LogP contribution in [0.3, 0.4) is 0 Å². The Bertz CT molecular complexity index is 681. The highest BCUT2D eigenvalue weighted by atomic mass is 32.1. The van der Waals surface area contributed by atoms with Gasteiger partial charge in [0.2, 0.25) is 0 Å². The molecule has 0 saturated heterocycles. The summed E-state index contributed by atoms with van der Waals surface area (Å²) in [6.45, 7) is 4.07. The molecule has 3 aromatic rings. The Balaban J connectivity index is 1.97. The summed E-state index contributed by atoms with van der Waals surface area (Å²) in [5.74, 6) is 1.38. The fourth-order valence-electron chi connectivity index (χ4n) is 1.88. The second-order valence-corrected chi connectivity index (χ2v) is 5.49. The molecule has 19 heavy (non-hydrogen) atoms. The van der Waals surface area contributed by atoms with Gasteiger partial charge in [-0.3, -0.25) is 0 Å². The van der Waals surface area contributed by atoms with Gasteiger partial charge in [-0.2, -0.15) is 5.10 Å². The van der Waals surface area contributed by atoms with Crippen molar-refractivity contribution in [3.8, 4) is 22.0 Å². The van der Waals surface area contributed by atoms with E-state index in [9.17, 15) is 0 Å².